The van der Waals surface area contributed by atoms with E-state index in [1.165, 1.54) is 57.5 Å². The van der Waals surface area contributed by atoms with Crippen LogP contribution in [0.5, 0.6) is 11.5 Å². The number of nitrogens with one attached hydrogen (secondary N) is 1. The third-order valence-electron chi connectivity index (χ3n) is 3.74. The Hall–Kier alpha value is -3.07. The van der Waals surface area contributed by atoms with Crippen molar-refractivity contribution in [2.24, 2.45) is 0 Å². The first-order valence-electron chi connectivity index (χ1n) is 8.19. The van der Waals surface area contributed by atoms with Gasteiger partial charge in [-0.2, -0.15) is 0 Å². The van der Waals surface area contributed by atoms with Crippen molar-refractivity contribution in [2.45, 2.75) is 13.0 Å². The zero-order valence-electron chi connectivity index (χ0n) is 15.9. The van der Waals surface area contributed by atoms with Gasteiger partial charge in [0.1, 0.15) is 0 Å². The summed E-state index contributed by atoms with van der Waals surface area (Å²) in [5.41, 5.74) is 0.825. The number of ether oxygens (including phenoxy) is 3. The molecule has 0 heterocycles. The summed E-state index contributed by atoms with van der Waals surface area (Å²) in [6.45, 7) is 1.46. The number of carbonyl (C=O) groups is 2. The minimum atomic E-state index is -3.41. The summed E-state index contributed by atoms with van der Waals surface area (Å²) in [4.78, 5) is 24.8. The predicted octanol–water partition coefficient (Wildman–Crippen LogP) is 2.50. The molecule has 0 saturated heterocycles. The van der Waals surface area contributed by atoms with Gasteiger partial charge >= 0.3 is 5.97 Å². The molecule has 0 aliphatic rings. The Labute approximate surface area is 163 Å². The highest BCUT2D eigenvalue weighted by Crippen LogP contribution is 2.28. The number of esters is 1. The van der Waals surface area contributed by atoms with E-state index in [1.54, 1.807) is 6.07 Å². The van der Waals surface area contributed by atoms with Crippen LogP contribution in [0.25, 0.3) is 0 Å². The van der Waals surface area contributed by atoms with Crippen molar-refractivity contribution in [1.82, 2.24) is 0 Å². The maximum atomic E-state index is 12.5. The summed E-state index contributed by atoms with van der Waals surface area (Å²) in [6.07, 6.45) is -0.00353. The number of Topliss-reactive ketones (excluding diaryl/α,β-unsaturated/α-hetero) is 1. The second-order valence-corrected chi connectivity index (χ2v) is 7.68. The molecule has 2 aromatic carbocycles. The standard InChI is InChI=1S/C19H21NO7S/c1-12(18(21)13-5-8-15(9-6-13)20-28(4,23)24)27-19(22)14-7-10-16(25-2)17(11-14)26-3/h5-12,20H,1-4H3/t12-/m1/s1. The number of carbonyl (C=O) groups excluding carboxylic acids is 2. The van der Waals surface area contributed by atoms with E-state index in [-0.39, 0.29) is 11.1 Å². The summed E-state index contributed by atoms with van der Waals surface area (Å²) in [6, 6.07) is 10.4. The van der Waals surface area contributed by atoms with Crippen molar-refractivity contribution in [3.05, 3.63) is 53.6 Å². The Balaban J connectivity index is 2.08. The molecule has 0 bridgehead atoms. The first-order chi connectivity index (χ1) is 13.1. The van der Waals surface area contributed by atoms with E-state index in [2.05, 4.69) is 4.72 Å². The molecule has 0 radical (unpaired) electrons. The summed E-state index contributed by atoms with van der Waals surface area (Å²) in [5.74, 6) is -0.271. The van der Waals surface area contributed by atoms with Gasteiger partial charge in [-0.3, -0.25) is 9.52 Å². The molecule has 0 spiro atoms. The molecule has 8 nitrogen and oxygen atoms in total. The Bertz CT molecular complexity index is 968. The molecule has 1 atom stereocenters. The van der Waals surface area contributed by atoms with E-state index < -0.39 is 27.9 Å². The SMILES string of the molecule is COc1ccc(C(=O)O[C@H](C)C(=O)c2ccc(NS(C)(=O)=O)cc2)cc1OC. The number of sulfonamides is 1. The number of methoxy groups -OCH3 is 2. The minimum absolute atomic E-state index is 0.213. The average molecular weight is 407 g/mol. The number of anilines is 1. The Morgan fingerprint density at radius 3 is 2.04 bits per heavy atom. The molecule has 2 aromatic rings. The van der Waals surface area contributed by atoms with Crippen LogP contribution >= 0.6 is 0 Å². The predicted molar refractivity (Wildman–Crippen MR) is 104 cm³/mol. The van der Waals surface area contributed by atoms with E-state index in [1.807, 2.05) is 0 Å². The van der Waals surface area contributed by atoms with Gasteiger partial charge in [0.15, 0.2) is 17.6 Å². The maximum absolute atomic E-state index is 12.5. The van der Waals surface area contributed by atoms with Crippen LogP contribution in [-0.4, -0.2) is 46.7 Å². The summed E-state index contributed by atoms with van der Waals surface area (Å²) >= 11 is 0. The highest BCUT2D eigenvalue weighted by Gasteiger charge is 2.21. The Kier molecular flexibility index (Phi) is 6.63. The molecule has 28 heavy (non-hydrogen) atoms. The smallest absolute Gasteiger partial charge is 0.338 e. The molecule has 1 N–H and O–H groups in total. The molecule has 0 fully saturated rings. The molecule has 0 aromatic heterocycles. The van der Waals surface area contributed by atoms with Crippen LogP contribution in [0.4, 0.5) is 5.69 Å². The molecule has 0 unspecified atom stereocenters. The van der Waals surface area contributed by atoms with Gasteiger partial charge in [-0.15, -0.1) is 0 Å². The molecule has 0 aliphatic heterocycles. The molecule has 0 aliphatic carbocycles. The summed E-state index contributed by atoms with van der Waals surface area (Å²) in [7, 11) is -0.482. The van der Waals surface area contributed by atoms with Gasteiger partial charge in [-0.1, -0.05) is 0 Å². The normalized spacial score (nSPS) is 12.0. The van der Waals surface area contributed by atoms with Gasteiger partial charge < -0.3 is 14.2 Å². The van der Waals surface area contributed by atoms with Crippen LogP contribution in [-0.2, 0) is 14.8 Å². The highest BCUT2D eigenvalue weighted by molar-refractivity contribution is 7.92. The van der Waals surface area contributed by atoms with E-state index >= 15 is 0 Å². The van der Waals surface area contributed by atoms with Crippen molar-refractivity contribution < 1.29 is 32.2 Å². The fourth-order valence-electron chi connectivity index (χ4n) is 2.40. The summed E-state index contributed by atoms with van der Waals surface area (Å²) < 4.78 is 40.2. The Morgan fingerprint density at radius 1 is 0.929 bits per heavy atom. The van der Waals surface area contributed by atoms with Crippen LogP contribution in [0.3, 0.4) is 0 Å². The zero-order valence-corrected chi connectivity index (χ0v) is 16.7. The van der Waals surface area contributed by atoms with Gasteiger partial charge in [0.2, 0.25) is 15.8 Å². The van der Waals surface area contributed by atoms with E-state index in [4.69, 9.17) is 14.2 Å². The van der Waals surface area contributed by atoms with Crippen molar-refractivity contribution in [3.8, 4) is 11.5 Å². The number of ketones is 1. The fraction of sp³-hybridized carbons (Fsp3) is 0.263. The van der Waals surface area contributed by atoms with E-state index in [9.17, 15) is 18.0 Å². The van der Waals surface area contributed by atoms with E-state index in [0.29, 0.717) is 17.2 Å². The van der Waals surface area contributed by atoms with Crippen LogP contribution in [0, 0.1) is 0 Å². The third-order valence-corrected chi connectivity index (χ3v) is 4.35. The first-order valence-corrected chi connectivity index (χ1v) is 10.1. The van der Waals surface area contributed by atoms with Crippen molar-refractivity contribution in [1.29, 1.82) is 0 Å². The topological polar surface area (TPSA) is 108 Å². The average Bonchev–Trinajstić information content (AvgIpc) is 2.66. The molecular formula is C19H21NO7S. The molecule has 2 rings (SSSR count). The highest BCUT2D eigenvalue weighted by atomic mass is 32.2. The molecule has 0 saturated carbocycles. The number of hydrogen-bond acceptors (Lipinski definition) is 7. The lowest BCUT2D eigenvalue weighted by molar-refractivity contribution is 0.0318. The second kappa shape index (κ2) is 8.75. The molecule has 9 heteroatoms. The lowest BCUT2D eigenvalue weighted by Gasteiger charge is -2.14. The van der Waals surface area contributed by atoms with Gasteiger partial charge in [0, 0.05) is 11.3 Å². The van der Waals surface area contributed by atoms with Crippen LogP contribution < -0.4 is 14.2 Å². The number of benzene rings is 2. The third kappa shape index (κ3) is 5.46. The maximum Gasteiger partial charge on any atom is 0.338 e. The van der Waals surface area contributed by atoms with Gasteiger partial charge in [0.05, 0.1) is 26.0 Å². The largest absolute Gasteiger partial charge is 0.493 e. The lowest BCUT2D eigenvalue weighted by atomic mass is 10.1. The van der Waals surface area contributed by atoms with Crippen molar-refractivity contribution >= 4 is 27.5 Å². The van der Waals surface area contributed by atoms with Crippen LogP contribution in [0.2, 0.25) is 0 Å². The number of hydrogen-bond donors (Lipinski definition) is 1. The fourth-order valence-corrected chi connectivity index (χ4v) is 2.96. The van der Waals surface area contributed by atoms with Gasteiger partial charge in [-0.25, -0.2) is 13.2 Å². The zero-order chi connectivity index (χ0) is 20.9. The van der Waals surface area contributed by atoms with Gasteiger partial charge in [-0.05, 0) is 49.4 Å². The van der Waals surface area contributed by atoms with Gasteiger partial charge in [0.25, 0.3) is 0 Å². The number of rotatable bonds is 8. The van der Waals surface area contributed by atoms with E-state index in [0.717, 1.165) is 6.26 Å². The summed E-state index contributed by atoms with van der Waals surface area (Å²) in [5, 5.41) is 0. The van der Waals surface area contributed by atoms with Crippen LogP contribution in [0.15, 0.2) is 42.5 Å². The minimum Gasteiger partial charge on any atom is -0.493 e. The lowest BCUT2D eigenvalue weighted by Crippen LogP contribution is -2.24. The monoisotopic (exact) mass is 407 g/mol. The van der Waals surface area contributed by atoms with Crippen molar-refractivity contribution in [3.63, 3.8) is 0 Å². The first kappa shape index (κ1) is 21.2. The quantitative estimate of drug-likeness (QED) is 0.529. The van der Waals surface area contributed by atoms with Crippen LogP contribution in [0.1, 0.15) is 27.6 Å². The molecule has 150 valence electrons. The Morgan fingerprint density at radius 2 is 1.50 bits per heavy atom. The second-order valence-electron chi connectivity index (χ2n) is 5.93. The molecular weight excluding hydrogens is 386 g/mol. The molecule has 0 amide bonds. The van der Waals surface area contributed by atoms with Crippen molar-refractivity contribution in [2.75, 3.05) is 25.2 Å².